The summed E-state index contributed by atoms with van der Waals surface area (Å²) in [4.78, 5) is 12.9. The van der Waals surface area contributed by atoms with Gasteiger partial charge in [-0.05, 0) is 49.8 Å². The first-order valence-corrected chi connectivity index (χ1v) is 9.34. The lowest BCUT2D eigenvalue weighted by Gasteiger charge is -2.30. The Bertz CT molecular complexity index is 635. The minimum absolute atomic E-state index is 0.230. The second-order valence-electron chi connectivity index (χ2n) is 7.66. The second kappa shape index (κ2) is 10.2. The number of nitrogens with one attached hydrogen (secondary N) is 1. The van der Waals surface area contributed by atoms with Crippen LogP contribution in [0.4, 0.5) is 5.69 Å². The van der Waals surface area contributed by atoms with E-state index in [2.05, 4.69) is 39.1 Å². The molecule has 0 aliphatic carbocycles. The predicted molar refractivity (Wildman–Crippen MR) is 104 cm³/mol. The molecule has 1 N–H and O–H groups in total. The molecule has 1 atom stereocenters. The fourth-order valence-corrected chi connectivity index (χ4v) is 2.66. The molecule has 26 heavy (non-hydrogen) atoms. The van der Waals surface area contributed by atoms with Crippen molar-refractivity contribution in [3.63, 3.8) is 0 Å². The zero-order valence-electron chi connectivity index (χ0n) is 16.9. The summed E-state index contributed by atoms with van der Waals surface area (Å²) in [6.45, 7) is 13.2. The van der Waals surface area contributed by atoms with Crippen molar-refractivity contribution in [2.24, 2.45) is 11.8 Å². The fourth-order valence-electron chi connectivity index (χ4n) is 2.66. The highest BCUT2D eigenvalue weighted by atomic mass is 16.5. The molecule has 0 aromatic heterocycles. The minimum Gasteiger partial charge on any atom is -0.493 e. The van der Waals surface area contributed by atoms with Gasteiger partial charge in [0.25, 0.3) is 5.91 Å². The van der Waals surface area contributed by atoms with Gasteiger partial charge in [-0.2, -0.15) is 5.26 Å². The summed E-state index contributed by atoms with van der Waals surface area (Å²) < 4.78 is 11.5. The Kier molecular flexibility index (Phi) is 8.60. The monoisotopic (exact) mass is 360 g/mol. The van der Waals surface area contributed by atoms with E-state index >= 15 is 0 Å². The summed E-state index contributed by atoms with van der Waals surface area (Å²) in [5.41, 5.74) is -0.0737. The second-order valence-corrected chi connectivity index (χ2v) is 7.66. The molecular formula is C21H32N2O3. The maximum atomic E-state index is 12.9. The first kappa shape index (κ1) is 22.0. The molecule has 5 heteroatoms. The zero-order valence-corrected chi connectivity index (χ0v) is 16.9. The number of nitrogens with zero attached hydrogens (tertiary/aromatic N) is 1. The maximum Gasteiger partial charge on any atom is 0.256 e. The van der Waals surface area contributed by atoms with Crippen LogP contribution in [0, 0.1) is 23.2 Å². The number of carbonyl (C=O) groups is 1. The molecule has 1 aromatic carbocycles. The summed E-state index contributed by atoms with van der Waals surface area (Å²) in [5, 5.41) is 12.3. The number of hydrogen-bond acceptors (Lipinski definition) is 4. The smallest absolute Gasteiger partial charge is 0.256 e. The van der Waals surface area contributed by atoms with E-state index in [4.69, 9.17) is 9.47 Å². The first-order chi connectivity index (χ1) is 12.2. The predicted octanol–water partition coefficient (Wildman–Crippen LogP) is 4.76. The largest absolute Gasteiger partial charge is 0.493 e. The Labute approximate surface area is 157 Å². The van der Waals surface area contributed by atoms with Crippen molar-refractivity contribution >= 4 is 11.6 Å². The highest BCUT2D eigenvalue weighted by molar-refractivity contribution is 5.98. The molecule has 5 nitrogen and oxygen atoms in total. The van der Waals surface area contributed by atoms with Gasteiger partial charge in [0, 0.05) is 6.61 Å². The Morgan fingerprint density at radius 1 is 1.27 bits per heavy atom. The fraction of sp³-hybridized carbons (Fsp3) is 0.619. The summed E-state index contributed by atoms with van der Waals surface area (Å²) in [6, 6.07) is 7.27. The highest BCUT2D eigenvalue weighted by Gasteiger charge is 2.35. The van der Waals surface area contributed by atoms with Crippen LogP contribution in [0.25, 0.3) is 0 Å². The van der Waals surface area contributed by atoms with Gasteiger partial charge in [0.1, 0.15) is 17.4 Å². The van der Waals surface area contributed by atoms with Gasteiger partial charge in [-0.15, -0.1) is 0 Å². The molecule has 0 aliphatic heterocycles. The average molecular weight is 360 g/mol. The normalized spacial score (nSPS) is 13.3. The van der Waals surface area contributed by atoms with E-state index in [0.29, 0.717) is 48.5 Å². The summed E-state index contributed by atoms with van der Waals surface area (Å²) >= 11 is 0. The molecule has 144 valence electrons. The van der Waals surface area contributed by atoms with E-state index < -0.39 is 5.60 Å². The zero-order chi connectivity index (χ0) is 19.7. The van der Waals surface area contributed by atoms with Gasteiger partial charge in [-0.3, -0.25) is 4.79 Å². The van der Waals surface area contributed by atoms with Crippen molar-refractivity contribution in [3.05, 3.63) is 23.8 Å². The third kappa shape index (κ3) is 6.68. The minimum atomic E-state index is -0.927. The number of anilines is 1. The van der Waals surface area contributed by atoms with Gasteiger partial charge in [0.05, 0.1) is 17.9 Å². The summed E-state index contributed by atoms with van der Waals surface area (Å²) in [7, 11) is 0. The van der Waals surface area contributed by atoms with Crippen molar-refractivity contribution < 1.29 is 14.3 Å². The summed E-state index contributed by atoms with van der Waals surface area (Å²) in [6.07, 6.45) is 1.45. The Balaban J connectivity index is 2.96. The molecule has 0 unspecified atom stereocenters. The molecule has 0 heterocycles. The number of nitriles is 1. The van der Waals surface area contributed by atoms with Crippen molar-refractivity contribution in [3.8, 4) is 11.8 Å². The lowest BCUT2D eigenvalue weighted by atomic mass is 9.92. The lowest BCUT2D eigenvalue weighted by molar-refractivity contribution is -0.141. The van der Waals surface area contributed by atoms with Crippen LogP contribution in [0.5, 0.6) is 5.75 Å². The molecule has 1 amide bonds. The number of benzene rings is 1. The van der Waals surface area contributed by atoms with Crippen LogP contribution in [0.3, 0.4) is 0 Å². The van der Waals surface area contributed by atoms with Gasteiger partial charge < -0.3 is 14.8 Å². The van der Waals surface area contributed by atoms with Gasteiger partial charge >= 0.3 is 0 Å². The number of hydrogen-bond donors (Lipinski definition) is 1. The van der Waals surface area contributed by atoms with E-state index in [1.807, 2.05) is 13.8 Å². The molecular weight excluding hydrogens is 328 g/mol. The van der Waals surface area contributed by atoms with Crippen molar-refractivity contribution in [1.82, 2.24) is 0 Å². The molecule has 0 bridgehead atoms. The SMILES string of the molecule is CCCO[C@](C)(CC(C)C)C(=O)Nc1ccc(OCC(C)C)cc1C#N. The Hall–Kier alpha value is -2.06. The van der Waals surface area contributed by atoms with Crippen molar-refractivity contribution in [2.75, 3.05) is 18.5 Å². The van der Waals surface area contributed by atoms with Crippen molar-refractivity contribution in [2.45, 2.75) is 60.0 Å². The van der Waals surface area contributed by atoms with Crippen molar-refractivity contribution in [1.29, 1.82) is 5.26 Å². The third-order valence-electron chi connectivity index (χ3n) is 3.85. The van der Waals surface area contributed by atoms with Crippen LogP contribution in [0.1, 0.15) is 59.9 Å². The van der Waals surface area contributed by atoms with Crippen LogP contribution < -0.4 is 10.1 Å². The topological polar surface area (TPSA) is 71.3 Å². The number of amides is 1. The van der Waals surface area contributed by atoms with E-state index in [1.165, 1.54) is 0 Å². The summed E-state index contributed by atoms with van der Waals surface area (Å²) in [5.74, 6) is 1.10. The van der Waals surface area contributed by atoms with Crippen LogP contribution in [-0.2, 0) is 9.53 Å². The molecule has 0 fully saturated rings. The molecule has 1 aromatic rings. The molecule has 0 spiro atoms. The molecule has 0 radical (unpaired) electrons. The van der Waals surface area contributed by atoms with E-state index in [1.54, 1.807) is 18.2 Å². The molecule has 0 saturated heterocycles. The lowest BCUT2D eigenvalue weighted by Crippen LogP contribution is -2.44. The van der Waals surface area contributed by atoms with Crippen LogP contribution in [0.15, 0.2) is 18.2 Å². The number of ether oxygens (including phenoxy) is 2. The van der Waals surface area contributed by atoms with E-state index in [-0.39, 0.29) is 5.91 Å². The molecule has 1 rings (SSSR count). The van der Waals surface area contributed by atoms with Gasteiger partial charge in [-0.1, -0.05) is 34.6 Å². The highest BCUT2D eigenvalue weighted by Crippen LogP contribution is 2.27. The van der Waals surface area contributed by atoms with Gasteiger partial charge in [0.2, 0.25) is 0 Å². The van der Waals surface area contributed by atoms with Gasteiger partial charge in [0.15, 0.2) is 0 Å². The first-order valence-electron chi connectivity index (χ1n) is 9.34. The number of carbonyl (C=O) groups excluding carboxylic acids is 1. The molecule has 0 aliphatic rings. The standard InChI is InChI=1S/C21H32N2O3/c1-7-10-26-21(6,12-15(2)3)20(24)23-19-9-8-18(11-17(19)13-22)25-14-16(4)5/h8-9,11,15-16H,7,10,12,14H2,1-6H3,(H,23,24)/t21-/m1/s1. The maximum absolute atomic E-state index is 12.9. The van der Waals surface area contributed by atoms with E-state index in [0.717, 1.165) is 6.42 Å². The third-order valence-corrected chi connectivity index (χ3v) is 3.85. The average Bonchev–Trinajstić information content (AvgIpc) is 2.58. The number of rotatable bonds is 10. The quantitative estimate of drug-likeness (QED) is 0.653. The van der Waals surface area contributed by atoms with Crippen LogP contribution in [-0.4, -0.2) is 24.7 Å². The van der Waals surface area contributed by atoms with Gasteiger partial charge in [-0.25, -0.2) is 0 Å². The Morgan fingerprint density at radius 3 is 2.50 bits per heavy atom. The van der Waals surface area contributed by atoms with Crippen LogP contribution >= 0.6 is 0 Å². The Morgan fingerprint density at radius 2 is 1.96 bits per heavy atom. The molecule has 0 saturated carbocycles. The van der Waals surface area contributed by atoms with E-state index in [9.17, 15) is 10.1 Å². The van der Waals surface area contributed by atoms with Crippen LogP contribution in [0.2, 0.25) is 0 Å².